The van der Waals surface area contributed by atoms with Gasteiger partial charge in [0.1, 0.15) is 10.4 Å². The summed E-state index contributed by atoms with van der Waals surface area (Å²) in [6.07, 6.45) is 2.83. The lowest BCUT2D eigenvalue weighted by Gasteiger charge is -2.06. The molecule has 92 valence electrons. The first-order valence-electron chi connectivity index (χ1n) is 5.12. The summed E-state index contributed by atoms with van der Waals surface area (Å²) in [5.74, 6) is -0.808. The summed E-state index contributed by atoms with van der Waals surface area (Å²) in [4.78, 5) is 19.7. The highest BCUT2D eigenvalue weighted by molar-refractivity contribution is 9.10. The van der Waals surface area contributed by atoms with E-state index in [-0.39, 0.29) is 11.4 Å². The van der Waals surface area contributed by atoms with Crippen molar-refractivity contribution in [2.45, 2.75) is 6.92 Å². The SMILES string of the molecule is Cc1cccc(C(=O)Nc2cnc(Br)cn2)c1F. The molecular weight excluding hydrogens is 301 g/mol. The second-order valence-electron chi connectivity index (χ2n) is 3.61. The fourth-order valence-electron chi connectivity index (χ4n) is 1.38. The van der Waals surface area contributed by atoms with E-state index in [1.165, 1.54) is 18.5 Å². The Morgan fingerprint density at radius 3 is 2.78 bits per heavy atom. The molecular formula is C12H9BrFN3O. The van der Waals surface area contributed by atoms with Crippen LogP contribution in [-0.2, 0) is 0 Å². The van der Waals surface area contributed by atoms with Crippen molar-refractivity contribution in [1.82, 2.24) is 9.97 Å². The van der Waals surface area contributed by atoms with Crippen LogP contribution in [0.3, 0.4) is 0 Å². The third kappa shape index (κ3) is 2.70. The molecule has 0 radical (unpaired) electrons. The topological polar surface area (TPSA) is 54.9 Å². The Morgan fingerprint density at radius 1 is 1.33 bits per heavy atom. The predicted octanol–water partition coefficient (Wildman–Crippen LogP) is 2.94. The number of carbonyl (C=O) groups excluding carboxylic acids is 1. The standard InChI is InChI=1S/C12H9BrFN3O/c1-7-3-2-4-8(11(7)14)12(18)17-10-6-15-9(13)5-16-10/h2-6H,1H3,(H,16,17,18). The van der Waals surface area contributed by atoms with Crippen LogP contribution in [0.1, 0.15) is 15.9 Å². The van der Waals surface area contributed by atoms with E-state index >= 15 is 0 Å². The maximum absolute atomic E-state index is 13.7. The maximum Gasteiger partial charge on any atom is 0.259 e. The highest BCUT2D eigenvalue weighted by Crippen LogP contribution is 2.14. The van der Waals surface area contributed by atoms with E-state index in [1.54, 1.807) is 19.1 Å². The fourth-order valence-corrected chi connectivity index (χ4v) is 1.59. The van der Waals surface area contributed by atoms with E-state index < -0.39 is 11.7 Å². The molecule has 2 aromatic rings. The van der Waals surface area contributed by atoms with Gasteiger partial charge < -0.3 is 5.32 Å². The van der Waals surface area contributed by atoms with Crippen molar-refractivity contribution in [2.24, 2.45) is 0 Å². The Labute approximate surface area is 111 Å². The number of anilines is 1. The van der Waals surface area contributed by atoms with Crippen LogP contribution in [0.4, 0.5) is 10.2 Å². The smallest absolute Gasteiger partial charge is 0.259 e. The largest absolute Gasteiger partial charge is 0.305 e. The van der Waals surface area contributed by atoms with Crippen molar-refractivity contribution in [3.05, 3.63) is 52.1 Å². The third-order valence-corrected chi connectivity index (χ3v) is 2.71. The number of aryl methyl sites for hydroxylation is 1. The van der Waals surface area contributed by atoms with Gasteiger partial charge >= 0.3 is 0 Å². The van der Waals surface area contributed by atoms with E-state index in [4.69, 9.17) is 0 Å². The Morgan fingerprint density at radius 2 is 2.11 bits per heavy atom. The van der Waals surface area contributed by atoms with Gasteiger partial charge in [0.2, 0.25) is 0 Å². The molecule has 1 heterocycles. The predicted molar refractivity (Wildman–Crippen MR) is 68.8 cm³/mol. The number of rotatable bonds is 2. The molecule has 0 aliphatic carbocycles. The molecule has 0 saturated heterocycles. The second kappa shape index (κ2) is 5.22. The highest BCUT2D eigenvalue weighted by Gasteiger charge is 2.13. The Hall–Kier alpha value is -1.82. The summed E-state index contributed by atoms with van der Waals surface area (Å²) < 4.78 is 14.3. The molecule has 0 atom stereocenters. The molecule has 0 fully saturated rings. The molecule has 0 saturated carbocycles. The quantitative estimate of drug-likeness (QED) is 0.928. The van der Waals surface area contributed by atoms with Crippen molar-refractivity contribution in [2.75, 3.05) is 5.32 Å². The van der Waals surface area contributed by atoms with Gasteiger partial charge in [0.25, 0.3) is 5.91 Å². The number of halogens is 2. The van der Waals surface area contributed by atoms with Crippen LogP contribution in [0.15, 0.2) is 35.2 Å². The van der Waals surface area contributed by atoms with Crippen LogP contribution in [0, 0.1) is 12.7 Å². The lowest BCUT2D eigenvalue weighted by atomic mass is 10.1. The average molecular weight is 310 g/mol. The number of hydrogen-bond donors (Lipinski definition) is 1. The van der Waals surface area contributed by atoms with Crippen LogP contribution in [-0.4, -0.2) is 15.9 Å². The number of aromatic nitrogens is 2. The molecule has 1 aromatic heterocycles. The summed E-state index contributed by atoms with van der Waals surface area (Å²) in [6, 6.07) is 4.65. The molecule has 0 spiro atoms. The van der Waals surface area contributed by atoms with Crippen LogP contribution in [0.2, 0.25) is 0 Å². The number of hydrogen-bond acceptors (Lipinski definition) is 3. The van der Waals surface area contributed by atoms with Crippen LogP contribution in [0.25, 0.3) is 0 Å². The molecule has 0 aliphatic heterocycles. The number of nitrogens with one attached hydrogen (secondary N) is 1. The zero-order valence-electron chi connectivity index (χ0n) is 9.45. The first-order chi connectivity index (χ1) is 8.58. The van der Waals surface area contributed by atoms with Crippen LogP contribution in [0.5, 0.6) is 0 Å². The zero-order chi connectivity index (χ0) is 13.1. The molecule has 4 nitrogen and oxygen atoms in total. The molecule has 0 aliphatic rings. The summed E-state index contributed by atoms with van der Waals surface area (Å²) in [5, 5.41) is 2.48. The van der Waals surface area contributed by atoms with E-state index in [0.717, 1.165) is 0 Å². The Balaban J connectivity index is 2.22. The monoisotopic (exact) mass is 309 g/mol. The van der Waals surface area contributed by atoms with Gasteiger partial charge in [0.05, 0.1) is 18.0 Å². The second-order valence-corrected chi connectivity index (χ2v) is 4.43. The fraction of sp³-hybridized carbons (Fsp3) is 0.0833. The number of benzene rings is 1. The number of nitrogens with zero attached hydrogens (tertiary/aromatic N) is 2. The number of carbonyl (C=O) groups is 1. The van der Waals surface area contributed by atoms with E-state index in [1.807, 2.05) is 0 Å². The first-order valence-corrected chi connectivity index (χ1v) is 5.91. The van der Waals surface area contributed by atoms with E-state index in [0.29, 0.717) is 10.2 Å². The number of amides is 1. The molecule has 0 unspecified atom stereocenters. The van der Waals surface area contributed by atoms with Gasteiger partial charge in [-0.3, -0.25) is 4.79 Å². The Bertz CT molecular complexity index is 586. The van der Waals surface area contributed by atoms with Gasteiger partial charge in [-0.15, -0.1) is 0 Å². The van der Waals surface area contributed by atoms with E-state index in [9.17, 15) is 9.18 Å². The van der Waals surface area contributed by atoms with E-state index in [2.05, 4.69) is 31.2 Å². The van der Waals surface area contributed by atoms with Crippen molar-refractivity contribution in [1.29, 1.82) is 0 Å². The molecule has 18 heavy (non-hydrogen) atoms. The molecule has 1 amide bonds. The van der Waals surface area contributed by atoms with Gasteiger partial charge in [0.15, 0.2) is 5.82 Å². The summed E-state index contributed by atoms with van der Waals surface area (Å²) >= 11 is 3.13. The first kappa shape index (κ1) is 12.6. The van der Waals surface area contributed by atoms with Gasteiger partial charge in [-0.1, -0.05) is 12.1 Å². The van der Waals surface area contributed by atoms with Crippen molar-refractivity contribution in [3.8, 4) is 0 Å². The normalized spacial score (nSPS) is 10.2. The minimum atomic E-state index is -0.548. The summed E-state index contributed by atoms with van der Waals surface area (Å²) in [6.45, 7) is 1.60. The Kier molecular flexibility index (Phi) is 3.66. The molecule has 0 bridgehead atoms. The molecule has 2 rings (SSSR count). The minimum absolute atomic E-state index is 0.0141. The molecule has 6 heteroatoms. The third-order valence-electron chi connectivity index (χ3n) is 2.30. The summed E-state index contributed by atoms with van der Waals surface area (Å²) in [5.41, 5.74) is 0.407. The van der Waals surface area contributed by atoms with Crippen LogP contribution < -0.4 is 5.32 Å². The van der Waals surface area contributed by atoms with Crippen molar-refractivity contribution >= 4 is 27.7 Å². The zero-order valence-corrected chi connectivity index (χ0v) is 11.0. The minimum Gasteiger partial charge on any atom is -0.305 e. The van der Waals surface area contributed by atoms with Gasteiger partial charge in [-0.2, -0.15) is 0 Å². The lowest BCUT2D eigenvalue weighted by Crippen LogP contribution is -2.15. The molecule has 1 aromatic carbocycles. The van der Waals surface area contributed by atoms with Crippen molar-refractivity contribution in [3.63, 3.8) is 0 Å². The molecule has 1 N–H and O–H groups in total. The van der Waals surface area contributed by atoms with Crippen molar-refractivity contribution < 1.29 is 9.18 Å². The highest BCUT2D eigenvalue weighted by atomic mass is 79.9. The lowest BCUT2D eigenvalue weighted by molar-refractivity contribution is 0.102. The summed E-state index contributed by atoms with van der Waals surface area (Å²) in [7, 11) is 0. The van der Waals surface area contributed by atoms with Gasteiger partial charge in [0, 0.05) is 0 Å². The average Bonchev–Trinajstić information content (AvgIpc) is 2.35. The maximum atomic E-state index is 13.7. The van der Waals surface area contributed by atoms with Crippen LogP contribution >= 0.6 is 15.9 Å². The van der Waals surface area contributed by atoms with Gasteiger partial charge in [-0.25, -0.2) is 14.4 Å². The van der Waals surface area contributed by atoms with Gasteiger partial charge in [-0.05, 0) is 34.5 Å².